The molecule has 1 nitrogen and oxygen atoms in total. The van der Waals surface area contributed by atoms with Gasteiger partial charge in [-0.2, -0.15) is 0 Å². The average molecular weight is 378 g/mol. The third-order valence-electron chi connectivity index (χ3n) is 5.96. The first kappa shape index (κ1) is 19.0. The number of rotatable bonds is 3. The Morgan fingerprint density at radius 2 is 0.931 bits per heavy atom. The van der Waals surface area contributed by atoms with Crippen molar-refractivity contribution < 1.29 is 0 Å². The molecule has 29 heavy (non-hydrogen) atoms. The third kappa shape index (κ3) is 3.56. The fourth-order valence-electron chi connectivity index (χ4n) is 3.84. The van der Waals surface area contributed by atoms with E-state index in [2.05, 4.69) is 107 Å². The van der Waals surface area contributed by atoms with Crippen molar-refractivity contribution in [2.75, 3.05) is 5.73 Å². The summed E-state index contributed by atoms with van der Waals surface area (Å²) in [6, 6.07) is 28.1. The highest BCUT2D eigenvalue weighted by Gasteiger charge is 2.13. The first-order valence-corrected chi connectivity index (χ1v) is 10.1. The van der Waals surface area contributed by atoms with E-state index in [0.717, 1.165) is 22.4 Å². The van der Waals surface area contributed by atoms with E-state index in [1.54, 1.807) is 0 Å². The van der Waals surface area contributed by atoms with Gasteiger partial charge in [0.25, 0.3) is 0 Å². The molecule has 0 aliphatic rings. The summed E-state index contributed by atoms with van der Waals surface area (Å²) in [5, 5.41) is 0. The molecule has 0 amide bonds. The maximum atomic E-state index is 6.74. The van der Waals surface area contributed by atoms with Crippen LogP contribution in [0, 0.1) is 27.7 Å². The molecule has 0 aliphatic heterocycles. The van der Waals surface area contributed by atoms with Gasteiger partial charge in [0.15, 0.2) is 0 Å². The summed E-state index contributed by atoms with van der Waals surface area (Å²) in [5.74, 6) is 0. The van der Waals surface area contributed by atoms with E-state index in [1.807, 2.05) is 0 Å². The lowest BCUT2D eigenvalue weighted by Crippen LogP contribution is -1.96. The summed E-state index contributed by atoms with van der Waals surface area (Å²) in [7, 11) is 0. The minimum Gasteiger partial charge on any atom is -0.398 e. The highest BCUT2D eigenvalue weighted by molar-refractivity contribution is 5.94. The Kier molecular flexibility index (Phi) is 4.98. The van der Waals surface area contributed by atoms with E-state index in [0.29, 0.717) is 0 Å². The molecule has 0 radical (unpaired) electrons. The molecule has 0 atom stereocenters. The van der Waals surface area contributed by atoms with Gasteiger partial charge in [-0.15, -0.1) is 0 Å². The molecule has 0 spiro atoms. The molecule has 0 unspecified atom stereocenters. The minimum absolute atomic E-state index is 0.826. The molecule has 0 saturated carbocycles. The van der Waals surface area contributed by atoms with Crippen LogP contribution in [0.15, 0.2) is 78.9 Å². The molecule has 4 aromatic rings. The number of benzene rings is 4. The van der Waals surface area contributed by atoms with Crippen LogP contribution in [0.25, 0.3) is 33.4 Å². The predicted molar refractivity (Wildman–Crippen MR) is 126 cm³/mol. The van der Waals surface area contributed by atoms with Gasteiger partial charge < -0.3 is 5.73 Å². The lowest BCUT2D eigenvalue weighted by molar-refractivity contribution is 1.34. The smallest absolute Gasteiger partial charge is 0.0473 e. The molecule has 0 aromatic heterocycles. The second-order valence-corrected chi connectivity index (χ2v) is 7.91. The van der Waals surface area contributed by atoms with Crippen LogP contribution in [-0.2, 0) is 0 Å². The van der Waals surface area contributed by atoms with Crippen LogP contribution in [0.3, 0.4) is 0 Å². The predicted octanol–water partition coefficient (Wildman–Crippen LogP) is 7.50. The highest BCUT2D eigenvalue weighted by Crippen LogP contribution is 2.39. The van der Waals surface area contributed by atoms with Gasteiger partial charge >= 0.3 is 0 Å². The van der Waals surface area contributed by atoms with Crippen LogP contribution in [0.1, 0.15) is 22.3 Å². The molecule has 2 N–H and O–H groups in total. The molecule has 0 aliphatic carbocycles. The molecule has 144 valence electrons. The van der Waals surface area contributed by atoms with Crippen LogP contribution in [-0.4, -0.2) is 0 Å². The topological polar surface area (TPSA) is 26.0 Å². The number of nitrogen functional groups attached to an aromatic ring is 1. The van der Waals surface area contributed by atoms with Crippen LogP contribution in [0.4, 0.5) is 5.69 Å². The number of anilines is 1. The van der Waals surface area contributed by atoms with Crippen molar-refractivity contribution in [1.82, 2.24) is 0 Å². The molecular weight excluding hydrogens is 350 g/mol. The summed E-state index contributed by atoms with van der Waals surface area (Å²) in [6.07, 6.45) is 0. The summed E-state index contributed by atoms with van der Waals surface area (Å²) in [4.78, 5) is 0. The van der Waals surface area contributed by atoms with Crippen molar-refractivity contribution >= 4 is 5.69 Å². The Morgan fingerprint density at radius 3 is 1.52 bits per heavy atom. The molecule has 4 rings (SSSR count). The van der Waals surface area contributed by atoms with Crippen molar-refractivity contribution in [2.24, 2.45) is 0 Å². The van der Waals surface area contributed by atoms with E-state index >= 15 is 0 Å². The normalized spacial score (nSPS) is 10.9. The summed E-state index contributed by atoms with van der Waals surface area (Å²) in [5.41, 5.74) is 19.7. The van der Waals surface area contributed by atoms with Crippen LogP contribution < -0.4 is 5.73 Å². The van der Waals surface area contributed by atoms with Gasteiger partial charge in [-0.3, -0.25) is 0 Å². The third-order valence-corrected chi connectivity index (χ3v) is 5.96. The van der Waals surface area contributed by atoms with Crippen LogP contribution >= 0.6 is 0 Å². The van der Waals surface area contributed by atoms with Crippen molar-refractivity contribution in [3.8, 4) is 33.4 Å². The van der Waals surface area contributed by atoms with Crippen molar-refractivity contribution in [1.29, 1.82) is 0 Å². The summed E-state index contributed by atoms with van der Waals surface area (Å²) in [6.45, 7) is 8.60. The van der Waals surface area contributed by atoms with Crippen molar-refractivity contribution in [3.05, 3.63) is 101 Å². The zero-order valence-electron chi connectivity index (χ0n) is 17.6. The second-order valence-electron chi connectivity index (χ2n) is 7.91. The Balaban J connectivity index is 1.88. The molecule has 0 bridgehead atoms. The van der Waals surface area contributed by atoms with E-state index in [4.69, 9.17) is 5.73 Å². The summed E-state index contributed by atoms with van der Waals surface area (Å²) < 4.78 is 0. The number of aryl methyl sites for hydroxylation is 4. The van der Waals surface area contributed by atoms with E-state index < -0.39 is 0 Å². The fourth-order valence-corrected chi connectivity index (χ4v) is 3.84. The molecule has 0 heterocycles. The first-order valence-electron chi connectivity index (χ1n) is 10.1. The summed E-state index contributed by atoms with van der Waals surface area (Å²) >= 11 is 0. The maximum Gasteiger partial charge on any atom is 0.0473 e. The number of nitrogens with two attached hydrogens (primary N) is 1. The van der Waals surface area contributed by atoms with Gasteiger partial charge in [-0.25, -0.2) is 0 Å². The first-order chi connectivity index (χ1) is 14.0. The molecule has 4 aromatic carbocycles. The van der Waals surface area contributed by atoms with Gasteiger partial charge in [0.2, 0.25) is 0 Å². The monoisotopic (exact) mass is 377 g/mol. The van der Waals surface area contributed by atoms with E-state index in [9.17, 15) is 0 Å². The molecular formula is C28H27N. The maximum absolute atomic E-state index is 6.74. The van der Waals surface area contributed by atoms with Crippen LogP contribution in [0.5, 0.6) is 0 Å². The van der Waals surface area contributed by atoms with E-state index in [1.165, 1.54) is 38.9 Å². The molecule has 0 saturated heterocycles. The van der Waals surface area contributed by atoms with Crippen LogP contribution in [0.2, 0.25) is 0 Å². The number of hydrogen-bond acceptors (Lipinski definition) is 1. The Labute approximate surface area is 173 Å². The highest BCUT2D eigenvalue weighted by atomic mass is 14.6. The Bertz CT molecular complexity index is 1200. The Morgan fingerprint density at radius 1 is 0.448 bits per heavy atom. The molecule has 0 fully saturated rings. The Hall–Kier alpha value is -3.32. The standard InChI is InChI=1S/C28H27N/c1-18-12-14-22(16-20(18)3)24-8-5-6-9-26(24)27-11-7-10-25(28(27)29)23-15-13-19(2)21(4)17-23/h5-17H,29H2,1-4H3. The van der Waals surface area contributed by atoms with E-state index in [-0.39, 0.29) is 0 Å². The largest absolute Gasteiger partial charge is 0.398 e. The van der Waals surface area contributed by atoms with Crippen molar-refractivity contribution in [3.63, 3.8) is 0 Å². The zero-order valence-corrected chi connectivity index (χ0v) is 17.6. The van der Waals surface area contributed by atoms with Gasteiger partial charge in [0.1, 0.15) is 0 Å². The zero-order chi connectivity index (χ0) is 20.5. The minimum atomic E-state index is 0.826. The van der Waals surface area contributed by atoms with Gasteiger partial charge in [0.05, 0.1) is 0 Å². The van der Waals surface area contributed by atoms with Gasteiger partial charge in [-0.05, 0) is 72.2 Å². The lowest BCUT2D eigenvalue weighted by Gasteiger charge is -2.16. The number of para-hydroxylation sites is 1. The van der Waals surface area contributed by atoms with Gasteiger partial charge in [0, 0.05) is 16.8 Å². The molecule has 1 heteroatoms. The van der Waals surface area contributed by atoms with Crippen molar-refractivity contribution in [2.45, 2.75) is 27.7 Å². The fraction of sp³-hybridized carbons (Fsp3) is 0.143. The quantitative estimate of drug-likeness (QED) is 0.367. The SMILES string of the molecule is Cc1ccc(-c2ccccc2-c2cccc(-c3ccc(C)c(C)c3)c2N)cc1C. The number of hydrogen-bond donors (Lipinski definition) is 1. The van der Waals surface area contributed by atoms with Gasteiger partial charge in [-0.1, -0.05) is 78.9 Å². The lowest BCUT2D eigenvalue weighted by atomic mass is 9.89. The average Bonchev–Trinajstić information content (AvgIpc) is 2.72. The second kappa shape index (κ2) is 7.60.